The Balaban J connectivity index is 1.54. The Bertz CT molecular complexity index is 808. The summed E-state index contributed by atoms with van der Waals surface area (Å²) in [7, 11) is 0. The zero-order chi connectivity index (χ0) is 16.7. The first-order valence-electron chi connectivity index (χ1n) is 7.78. The lowest BCUT2D eigenvalue weighted by molar-refractivity contribution is -0.137. The summed E-state index contributed by atoms with van der Waals surface area (Å²) in [5, 5.41) is 12.4. The van der Waals surface area contributed by atoms with E-state index < -0.39 is 5.97 Å². The fourth-order valence-corrected chi connectivity index (χ4v) is 3.77. The summed E-state index contributed by atoms with van der Waals surface area (Å²) in [5.41, 5.74) is 3.02. The van der Waals surface area contributed by atoms with Gasteiger partial charge in [0.25, 0.3) is 0 Å². The van der Waals surface area contributed by atoms with Gasteiger partial charge in [0.15, 0.2) is 0 Å². The second-order valence-corrected chi connectivity index (χ2v) is 6.88. The zero-order valence-electron chi connectivity index (χ0n) is 12.8. The van der Waals surface area contributed by atoms with E-state index in [0.717, 1.165) is 32.8 Å². The second-order valence-electron chi connectivity index (χ2n) is 6.02. The topological polar surface area (TPSA) is 67.8 Å². The minimum absolute atomic E-state index is 0.0713. The number of carboxylic acid groups (broad SMARTS) is 1. The van der Waals surface area contributed by atoms with Crippen molar-refractivity contribution in [3.05, 3.63) is 52.0 Å². The van der Waals surface area contributed by atoms with E-state index in [2.05, 4.69) is 27.3 Å². The molecule has 6 heteroatoms. The number of ether oxygens (including phenoxy) is 2. The summed E-state index contributed by atoms with van der Waals surface area (Å²) in [5.74, 6) is 0.774. The molecule has 0 amide bonds. The monoisotopic (exact) mass is 389 g/mol. The van der Waals surface area contributed by atoms with E-state index in [0.29, 0.717) is 13.2 Å². The third kappa shape index (κ3) is 2.71. The SMILES string of the molecule is O=C(O)C[C@@H]1COc2cc(N[C@@H]3COc4c(Br)cccc43)ccc21. The van der Waals surface area contributed by atoms with Crippen molar-refractivity contribution in [3.8, 4) is 11.5 Å². The number of nitrogens with one attached hydrogen (secondary N) is 1. The summed E-state index contributed by atoms with van der Waals surface area (Å²) in [6.07, 6.45) is 0.0949. The number of para-hydroxylation sites is 1. The molecule has 0 saturated carbocycles. The van der Waals surface area contributed by atoms with Crippen LogP contribution >= 0.6 is 15.9 Å². The Hall–Kier alpha value is -2.21. The van der Waals surface area contributed by atoms with E-state index in [1.165, 1.54) is 0 Å². The van der Waals surface area contributed by atoms with Crippen molar-refractivity contribution in [3.63, 3.8) is 0 Å². The maximum atomic E-state index is 10.9. The molecular formula is C18H16BrNO4. The number of aliphatic carboxylic acids is 1. The Morgan fingerprint density at radius 3 is 2.92 bits per heavy atom. The molecule has 2 atom stereocenters. The second kappa shape index (κ2) is 6.02. The van der Waals surface area contributed by atoms with Gasteiger partial charge < -0.3 is 19.9 Å². The van der Waals surface area contributed by atoms with Crippen molar-refractivity contribution in [2.45, 2.75) is 18.4 Å². The first-order valence-corrected chi connectivity index (χ1v) is 8.57. The van der Waals surface area contributed by atoms with Crippen molar-refractivity contribution in [1.29, 1.82) is 0 Å². The third-order valence-electron chi connectivity index (χ3n) is 4.42. The smallest absolute Gasteiger partial charge is 0.304 e. The Morgan fingerprint density at radius 2 is 2.08 bits per heavy atom. The number of benzene rings is 2. The van der Waals surface area contributed by atoms with E-state index in [4.69, 9.17) is 14.6 Å². The largest absolute Gasteiger partial charge is 0.493 e. The molecule has 5 nitrogen and oxygen atoms in total. The van der Waals surface area contributed by atoms with Crippen molar-refractivity contribution in [2.75, 3.05) is 18.5 Å². The molecule has 0 radical (unpaired) electrons. The van der Waals surface area contributed by atoms with Crippen molar-refractivity contribution in [1.82, 2.24) is 0 Å². The fourth-order valence-electron chi connectivity index (χ4n) is 3.28. The normalized spacial score (nSPS) is 20.7. The van der Waals surface area contributed by atoms with E-state index in [1.54, 1.807) is 0 Å². The van der Waals surface area contributed by atoms with Gasteiger partial charge >= 0.3 is 5.97 Å². The lowest BCUT2D eigenvalue weighted by Gasteiger charge is -2.14. The van der Waals surface area contributed by atoms with Crippen molar-refractivity contribution >= 4 is 27.6 Å². The molecule has 2 aromatic carbocycles. The van der Waals surface area contributed by atoms with Gasteiger partial charge in [-0.3, -0.25) is 4.79 Å². The lowest BCUT2D eigenvalue weighted by atomic mass is 9.97. The van der Waals surface area contributed by atoms with Gasteiger partial charge in [-0.15, -0.1) is 0 Å². The molecule has 0 unspecified atom stereocenters. The number of carbonyl (C=O) groups is 1. The maximum absolute atomic E-state index is 10.9. The van der Waals surface area contributed by atoms with Crippen LogP contribution in [-0.2, 0) is 4.79 Å². The number of halogens is 1. The highest BCUT2D eigenvalue weighted by atomic mass is 79.9. The van der Waals surface area contributed by atoms with Crippen LogP contribution in [0.4, 0.5) is 5.69 Å². The van der Waals surface area contributed by atoms with Crippen LogP contribution in [-0.4, -0.2) is 24.3 Å². The van der Waals surface area contributed by atoms with Gasteiger partial charge in [0.1, 0.15) is 18.1 Å². The quantitative estimate of drug-likeness (QED) is 0.828. The Kier molecular flexibility index (Phi) is 3.84. The number of fused-ring (bicyclic) bond motifs is 2. The average molecular weight is 390 g/mol. The summed E-state index contributed by atoms with van der Waals surface area (Å²) in [4.78, 5) is 10.9. The number of anilines is 1. The van der Waals surface area contributed by atoms with Crippen LogP contribution in [0.1, 0.15) is 29.5 Å². The molecule has 2 aromatic rings. The van der Waals surface area contributed by atoms with Crippen LogP contribution in [0.25, 0.3) is 0 Å². The van der Waals surface area contributed by atoms with Crippen LogP contribution in [0.3, 0.4) is 0 Å². The van der Waals surface area contributed by atoms with Gasteiger partial charge in [-0.05, 0) is 28.1 Å². The number of rotatable bonds is 4. The van der Waals surface area contributed by atoms with Crippen molar-refractivity contribution < 1.29 is 19.4 Å². The van der Waals surface area contributed by atoms with Crippen LogP contribution in [0.5, 0.6) is 11.5 Å². The molecule has 0 saturated heterocycles. The van der Waals surface area contributed by atoms with Crippen molar-refractivity contribution in [2.24, 2.45) is 0 Å². The van der Waals surface area contributed by atoms with E-state index in [-0.39, 0.29) is 18.4 Å². The van der Waals surface area contributed by atoms with Gasteiger partial charge in [0.2, 0.25) is 0 Å². The molecule has 24 heavy (non-hydrogen) atoms. The highest BCUT2D eigenvalue weighted by Gasteiger charge is 2.28. The Morgan fingerprint density at radius 1 is 1.21 bits per heavy atom. The van der Waals surface area contributed by atoms with Crippen LogP contribution < -0.4 is 14.8 Å². The van der Waals surface area contributed by atoms with Gasteiger partial charge in [0.05, 0.1) is 23.5 Å². The van der Waals surface area contributed by atoms with Gasteiger partial charge in [0, 0.05) is 28.8 Å². The first kappa shape index (κ1) is 15.3. The molecule has 2 N–H and O–H groups in total. The van der Waals surface area contributed by atoms with E-state index in [1.807, 2.05) is 30.3 Å². The summed E-state index contributed by atoms with van der Waals surface area (Å²) >= 11 is 3.51. The predicted molar refractivity (Wildman–Crippen MR) is 92.9 cm³/mol. The van der Waals surface area contributed by atoms with Crippen LogP contribution in [0.15, 0.2) is 40.9 Å². The lowest BCUT2D eigenvalue weighted by Crippen LogP contribution is -2.11. The number of hydrogen-bond acceptors (Lipinski definition) is 4. The molecule has 0 spiro atoms. The van der Waals surface area contributed by atoms with Crippen LogP contribution in [0, 0.1) is 0 Å². The Labute approximate surface area is 147 Å². The summed E-state index contributed by atoms with van der Waals surface area (Å²) < 4.78 is 12.4. The first-order chi connectivity index (χ1) is 11.6. The molecule has 0 fully saturated rings. The number of hydrogen-bond donors (Lipinski definition) is 2. The van der Waals surface area contributed by atoms with E-state index in [9.17, 15) is 4.79 Å². The van der Waals surface area contributed by atoms with Gasteiger partial charge in [-0.2, -0.15) is 0 Å². The van der Waals surface area contributed by atoms with Crippen LogP contribution in [0.2, 0.25) is 0 Å². The summed E-state index contributed by atoms with van der Waals surface area (Å²) in [6.45, 7) is 0.991. The summed E-state index contributed by atoms with van der Waals surface area (Å²) in [6, 6.07) is 12.0. The highest BCUT2D eigenvalue weighted by Crippen LogP contribution is 2.41. The highest BCUT2D eigenvalue weighted by molar-refractivity contribution is 9.10. The van der Waals surface area contributed by atoms with Gasteiger partial charge in [-0.25, -0.2) is 0 Å². The minimum atomic E-state index is -0.802. The predicted octanol–water partition coefficient (Wildman–Crippen LogP) is 3.95. The zero-order valence-corrected chi connectivity index (χ0v) is 14.4. The van der Waals surface area contributed by atoms with Gasteiger partial charge in [-0.1, -0.05) is 18.2 Å². The average Bonchev–Trinajstić information content (AvgIpc) is 3.13. The molecule has 2 aliphatic rings. The molecule has 4 rings (SSSR count). The molecule has 0 aromatic heterocycles. The molecule has 2 aliphatic heterocycles. The molecule has 2 heterocycles. The molecular weight excluding hydrogens is 374 g/mol. The third-order valence-corrected chi connectivity index (χ3v) is 5.05. The standard InChI is InChI=1S/C18H16BrNO4/c19-14-3-1-2-13-15(9-24-18(13)14)20-11-4-5-12-10(6-17(21)22)8-23-16(12)7-11/h1-5,7,10,15,20H,6,8-9H2,(H,21,22)/t10-,15-/m1/s1. The number of carboxylic acids is 1. The van der Waals surface area contributed by atoms with E-state index >= 15 is 0 Å². The molecule has 0 bridgehead atoms. The maximum Gasteiger partial charge on any atom is 0.304 e. The molecule has 124 valence electrons. The molecule has 0 aliphatic carbocycles. The minimum Gasteiger partial charge on any atom is -0.493 e. The fraction of sp³-hybridized carbons (Fsp3) is 0.278.